The molecule has 0 bridgehead atoms. The van der Waals surface area contributed by atoms with Crippen LogP contribution in [-0.4, -0.2) is 24.2 Å². The molecule has 2 aromatic carbocycles. The van der Waals surface area contributed by atoms with Crippen LogP contribution in [0.5, 0.6) is 0 Å². The molecule has 0 saturated heterocycles. The van der Waals surface area contributed by atoms with Gasteiger partial charge >= 0.3 is 0 Å². The van der Waals surface area contributed by atoms with Gasteiger partial charge in [0, 0.05) is 28.4 Å². The molecule has 0 amide bonds. The predicted molar refractivity (Wildman–Crippen MR) is 105 cm³/mol. The van der Waals surface area contributed by atoms with Crippen LogP contribution in [-0.2, 0) is 0 Å². The van der Waals surface area contributed by atoms with Crippen molar-refractivity contribution in [2.24, 2.45) is 5.73 Å². The molecule has 0 aromatic heterocycles. The van der Waals surface area contributed by atoms with Gasteiger partial charge in [0.15, 0.2) is 11.6 Å². The lowest BCUT2D eigenvalue weighted by atomic mass is 9.83. The third-order valence-electron chi connectivity index (χ3n) is 4.97. The van der Waals surface area contributed by atoms with Crippen molar-refractivity contribution in [3.05, 3.63) is 64.7 Å². The van der Waals surface area contributed by atoms with E-state index in [0.717, 1.165) is 37.8 Å². The van der Waals surface area contributed by atoms with Crippen LogP contribution in [0.25, 0.3) is 0 Å². The highest BCUT2D eigenvalue weighted by molar-refractivity contribution is 6.30. The molecule has 2 aromatic rings. The molecule has 0 spiro atoms. The molecule has 0 radical (unpaired) electrons. The van der Waals surface area contributed by atoms with Crippen molar-refractivity contribution in [1.29, 1.82) is 0 Å². The number of ketones is 2. The first-order chi connectivity index (χ1) is 12.7. The Morgan fingerprint density at radius 2 is 1.54 bits per heavy atom. The number of hydrogen-bond acceptors (Lipinski definition) is 4. The smallest absolute Gasteiger partial charge is 0.196 e. The molecule has 0 saturated carbocycles. The molecule has 4 nitrogen and oxygen atoms in total. The fourth-order valence-corrected chi connectivity index (χ4v) is 3.59. The van der Waals surface area contributed by atoms with E-state index in [0.29, 0.717) is 28.8 Å². The van der Waals surface area contributed by atoms with Gasteiger partial charge < -0.3 is 11.1 Å². The summed E-state index contributed by atoms with van der Waals surface area (Å²) in [5.41, 5.74) is 8.42. The Labute approximate surface area is 154 Å². The summed E-state index contributed by atoms with van der Waals surface area (Å²) in [6.07, 6.45) is 5.16. The molecule has 3 rings (SSSR count). The van der Waals surface area contributed by atoms with Crippen LogP contribution in [0.4, 0.5) is 5.69 Å². The Morgan fingerprint density at radius 3 is 2.23 bits per heavy atom. The average molecular weight is 350 g/mol. The van der Waals surface area contributed by atoms with Crippen LogP contribution < -0.4 is 11.1 Å². The number of rotatable bonds is 8. The van der Waals surface area contributed by atoms with Crippen LogP contribution in [0.1, 0.15) is 70.9 Å². The average Bonchev–Trinajstić information content (AvgIpc) is 2.68. The van der Waals surface area contributed by atoms with Crippen molar-refractivity contribution in [2.45, 2.75) is 45.1 Å². The van der Waals surface area contributed by atoms with Gasteiger partial charge in [0.05, 0.1) is 5.56 Å². The fraction of sp³-hybridized carbons (Fsp3) is 0.364. The van der Waals surface area contributed by atoms with Gasteiger partial charge in [0.2, 0.25) is 0 Å². The van der Waals surface area contributed by atoms with Gasteiger partial charge in [-0.15, -0.1) is 0 Å². The summed E-state index contributed by atoms with van der Waals surface area (Å²) < 4.78 is 0. The minimum absolute atomic E-state index is 0.0774. The summed E-state index contributed by atoms with van der Waals surface area (Å²) in [6, 6.07) is 12.8. The zero-order valence-electron chi connectivity index (χ0n) is 15.3. The standard InChI is InChI=1S/C22H26N2O2/c1-2-3-8-15(9-7-14-23)24-19-13-6-12-18-20(19)22(26)17-11-5-4-10-16(17)21(18)25/h4-6,10-13,15,24H,2-3,7-9,14,23H2,1H3. The lowest BCUT2D eigenvalue weighted by Crippen LogP contribution is -2.26. The highest BCUT2D eigenvalue weighted by Gasteiger charge is 2.31. The van der Waals surface area contributed by atoms with E-state index in [1.807, 2.05) is 12.1 Å². The van der Waals surface area contributed by atoms with E-state index in [9.17, 15) is 9.59 Å². The van der Waals surface area contributed by atoms with Crippen LogP contribution in [0, 0.1) is 0 Å². The SMILES string of the molecule is CCCCC(CCCN)Nc1cccc2c1C(=O)c1ccccc1C2=O. The van der Waals surface area contributed by atoms with Gasteiger partial charge in [-0.25, -0.2) is 0 Å². The first-order valence-corrected chi connectivity index (χ1v) is 9.45. The van der Waals surface area contributed by atoms with Gasteiger partial charge in [0.1, 0.15) is 0 Å². The van der Waals surface area contributed by atoms with Crippen molar-refractivity contribution in [3.8, 4) is 0 Å². The van der Waals surface area contributed by atoms with E-state index in [1.165, 1.54) is 0 Å². The first kappa shape index (κ1) is 18.3. The molecule has 1 aliphatic rings. The quantitative estimate of drug-likeness (QED) is 0.639. The van der Waals surface area contributed by atoms with Gasteiger partial charge in [0.25, 0.3) is 0 Å². The molecule has 3 N–H and O–H groups in total. The van der Waals surface area contributed by atoms with Crippen molar-refractivity contribution < 1.29 is 9.59 Å². The van der Waals surface area contributed by atoms with Gasteiger partial charge in [-0.1, -0.05) is 56.2 Å². The van der Waals surface area contributed by atoms with E-state index in [1.54, 1.807) is 30.3 Å². The molecular formula is C22H26N2O2. The lowest BCUT2D eigenvalue weighted by molar-refractivity contribution is 0.0979. The maximum absolute atomic E-state index is 13.1. The second-order valence-electron chi connectivity index (χ2n) is 6.85. The molecule has 0 aliphatic heterocycles. The van der Waals surface area contributed by atoms with E-state index in [4.69, 9.17) is 5.73 Å². The highest BCUT2D eigenvalue weighted by atomic mass is 16.1. The Morgan fingerprint density at radius 1 is 0.885 bits per heavy atom. The van der Waals surface area contributed by atoms with Crippen molar-refractivity contribution >= 4 is 17.3 Å². The predicted octanol–water partition coefficient (Wildman–Crippen LogP) is 4.17. The van der Waals surface area contributed by atoms with Gasteiger partial charge in [-0.2, -0.15) is 0 Å². The summed E-state index contributed by atoms with van der Waals surface area (Å²) in [4.78, 5) is 25.9. The largest absolute Gasteiger partial charge is 0.382 e. The molecule has 4 heteroatoms. The van der Waals surface area contributed by atoms with Crippen LogP contribution in [0.3, 0.4) is 0 Å². The van der Waals surface area contributed by atoms with Gasteiger partial charge in [-0.05, 0) is 31.9 Å². The second kappa shape index (κ2) is 8.28. The number of anilines is 1. The molecule has 26 heavy (non-hydrogen) atoms. The van der Waals surface area contributed by atoms with Crippen molar-refractivity contribution in [1.82, 2.24) is 0 Å². The monoisotopic (exact) mass is 350 g/mol. The van der Waals surface area contributed by atoms with Crippen LogP contribution in [0.15, 0.2) is 42.5 Å². The molecule has 0 heterocycles. The molecular weight excluding hydrogens is 324 g/mol. The first-order valence-electron chi connectivity index (χ1n) is 9.45. The minimum Gasteiger partial charge on any atom is -0.382 e. The van der Waals surface area contributed by atoms with E-state index < -0.39 is 0 Å². The van der Waals surface area contributed by atoms with Crippen molar-refractivity contribution in [2.75, 3.05) is 11.9 Å². The number of nitrogens with one attached hydrogen (secondary N) is 1. The normalized spacial score (nSPS) is 13.9. The molecule has 1 aliphatic carbocycles. The Kier molecular flexibility index (Phi) is 5.84. The molecule has 136 valence electrons. The third-order valence-corrected chi connectivity index (χ3v) is 4.97. The number of hydrogen-bond donors (Lipinski definition) is 2. The number of carbonyl (C=O) groups excluding carboxylic acids is 2. The molecule has 0 fully saturated rings. The second-order valence-corrected chi connectivity index (χ2v) is 6.85. The van der Waals surface area contributed by atoms with Crippen LogP contribution in [0.2, 0.25) is 0 Å². The summed E-state index contributed by atoms with van der Waals surface area (Å²) >= 11 is 0. The van der Waals surface area contributed by atoms with E-state index >= 15 is 0 Å². The summed E-state index contributed by atoms with van der Waals surface area (Å²) in [5, 5.41) is 3.53. The number of unbranched alkanes of at least 4 members (excludes halogenated alkanes) is 1. The van der Waals surface area contributed by atoms with Crippen LogP contribution >= 0.6 is 0 Å². The zero-order chi connectivity index (χ0) is 18.5. The number of carbonyl (C=O) groups is 2. The zero-order valence-corrected chi connectivity index (χ0v) is 15.3. The number of nitrogens with two attached hydrogens (primary N) is 1. The number of fused-ring (bicyclic) bond motifs is 2. The fourth-order valence-electron chi connectivity index (χ4n) is 3.59. The molecule has 1 unspecified atom stereocenters. The van der Waals surface area contributed by atoms with Gasteiger partial charge in [-0.3, -0.25) is 9.59 Å². The maximum Gasteiger partial charge on any atom is 0.196 e. The summed E-state index contributed by atoms with van der Waals surface area (Å²) in [6.45, 7) is 2.82. The number of benzene rings is 2. The minimum atomic E-state index is -0.0779. The Hall–Kier alpha value is -2.46. The van der Waals surface area contributed by atoms with Crippen molar-refractivity contribution in [3.63, 3.8) is 0 Å². The summed E-state index contributed by atoms with van der Waals surface area (Å²) in [7, 11) is 0. The van der Waals surface area contributed by atoms with E-state index in [-0.39, 0.29) is 17.6 Å². The van der Waals surface area contributed by atoms with E-state index in [2.05, 4.69) is 12.2 Å². The Balaban J connectivity index is 1.95. The molecule has 1 atom stereocenters. The summed E-state index contributed by atoms with van der Waals surface area (Å²) in [5.74, 6) is -0.155. The lowest BCUT2D eigenvalue weighted by Gasteiger charge is -2.25. The third kappa shape index (κ3) is 3.56. The topological polar surface area (TPSA) is 72.2 Å². The Bertz CT molecular complexity index is 806. The highest BCUT2D eigenvalue weighted by Crippen LogP contribution is 2.32. The maximum atomic E-state index is 13.1.